The van der Waals surface area contributed by atoms with Crippen molar-refractivity contribution in [1.29, 1.82) is 0 Å². The van der Waals surface area contributed by atoms with E-state index >= 15 is 0 Å². The summed E-state index contributed by atoms with van der Waals surface area (Å²) >= 11 is 0. The highest BCUT2D eigenvalue weighted by molar-refractivity contribution is 6.02. The minimum absolute atomic E-state index is 0.0167. The van der Waals surface area contributed by atoms with E-state index in [1.807, 2.05) is 10.8 Å². The quantitative estimate of drug-likeness (QED) is 0.842. The molecule has 0 aliphatic carbocycles. The van der Waals surface area contributed by atoms with Gasteiger partial charge in [-0.25, -0.2) is 4.98 Å². The number of rotatable bonds is 4. The summed E-state index contributed by atoms with van der Waals surface area (Å²) in [6.07, 6.45) is 3.68. The van der Waals surface area contributed by atoms with Gasteiger partial charge >= 0.3 is 0 Å². The van der Waals surface area contributed by atoms with Crippen LogP contribution in [0.5, 0.6) is 11.5 Å². The number of imidazole rings is 1. The number of hydrogen-bond acceptors (Lipinski definition) is 4. The van der Waals surface area contributed by atoms with Gasteiger partial charge in [0.05, 0.1) is 5.56 Å². The van der Waals surface area contributed by atoms with E-state index in [1.54, 1.807) is 24.4 Å². The largest absolute Gasteiger partial charge is 0.486 e. The van der Waals surface area contributed by atoms with Crippen molar-refractivity contribution in [3.05, 3.63) is 42.0 Å². The predicted octanol–water partition coefficient (Wildman–Crippen LogP) is 2.06. The number of carbonyl (C=O) groups excluding carboxylic acids is 1. The first kappa shape index (κ1) is 11.8. The lowest BCUT2D eigenvalue weighted by atomic mass is 10.1. The Morgan fingerprint density at radius 1 is 1.47 bits per heavy atom. The molecule has 1 aromatic heterocycles. The van der Waals surface area contributed by atoms with Crippen LogP contribution in [-0.2, 0) is 13.2 Å². The number of ether oxygens (including phenoxy) is 2. The first-order chi connectivity index (χ1) is 9.28. The maximum atomic E-state index is 11.4. The van der Waals surface area contributed by atoms with Crippen LogP contribution in [0.4, 0.5) is 0 Å². The molecular formula is C14H14N2O3. The maximum Gasteiger partial charge on any atom is 0.203 e. The molecule has 0 atom stereocenters. The molecule has 0 amide bonds. The van der Waals surface area contributed by atoms with E-state index in [-0.39, 0.29) is 12.4 Å². The van der Waals surface area contributed by atoms with Crippen molar-refractivity contribution in [3.8, 4) is 11.5 Å². The normalized spacial score (nSPS) is 13.2. The molecule has 1 aliphatic heterocycles. The van der Waals surface area contributed by atoms with Gasteiger partial charge in [-0.05, 0) is 19.1 Å². The molecule has 0 spiro atoms. The number of hydrogen-bond donors (Lipinski definition) is 0. The third kappa shape index (κ3) is 2.19. The third-order valence-electron chi connectivity index (χ3n) is 3.12. The number of Topliss-reactive ketones (excluding diaryl/α,β-unsaturated/α-hetero) is 1. The zero-order chi connectivity index (χ0) is 13.2. The molecule has 0 radical (unpaired) electrons. The van der Waals surface area contributed by atoms with E-state index in [0.29, 0.717) is 23.7 Å². The summed E-state index contributed by atoms with van der Waals surface area (Å²) in [5, 5.41) is 0. The van der Waals surface area contributed by atoms with Gasteiger partial charge in [0.2, 0.25) is 5.78 Å². The standard InChI is InChI=1S/C14H14N2O3/c1-2-16-6-5-15-14(16)9-18-10-3-4-11-12(17)8-19-13(11)7-10/h3-7H,2,8-9H2,1H3. The Labute approximate surface area is 110 Å². The van der Waals surface area contributed by atoms with E-state index in [9.17, 15) is 4.79 Å². The molecular weight excluding hydrogens is 244 g/mol. The summed E-state index contributed by atoms with van der Waals surface area (Å²) in [4.78, 5) is 15.7. The number of fused-ring (bicyclic) bond motifs is 1. The molecule has 0 saturated carbocycles. The Morgan fingerprint density at radius 3 is 3.21 bits per heavy atom. The van der Waals surface area contributed by atoms with Gasteiger partial charge in [-0.3, -0.25) is 4.79 Å². The predicted molar refractivity (Wildman–Crippen MR) is 68.5 cm³/mol. The lowest BCUT2D eigenvalue weighted by Crippen LogP contribution is -2.05. The fourth-order valence-electron chi connectivity index (χ4n) is 2.08. The van der Waals surface area contributed by atoms with Crippen LogP contribution in [0.1, 0.15) is 23.1 Å². The Kier molecular flexibility index (Phi) is 2.95. The molecule has 0 bridgehead atoms. The van der Waals surface area contributed by atoms with Crippen LogP contribution < -0.4 is 9.47 Å². The van der Waals surface area contributed by atoms with Crippen molar-refractivity contribution in [2.45, 2.75) is 20.1 Å². The number of nitrogens with zero attached hydrogens (tertiary/aromatic N) is 2. The fourth-order valence-corrected chi connectivity index (χ4v) is 2.08. The van der Waals surface area contributed by atoms with Gasteiger partial charge in [0.1, 0.15) is 23.9 Å². The van der Waals surface area contributed by atoms with E-state index < -0.39 is 0 Å². The van der Waals surface area contributed by atoms with Crippen molar-refractivity contribution in [1.82, 2.24) is 9.55 Å². The third-order valence-corrected chi connectivity index (χ3v) is 3.12. The minimum Gasteiger partial charge on any atom is -0.486 e. The Bertz CT molecular complexity index is 619. The highest BCUT2D eigenvalue weighted by atomic mass is 16.5. The van der Waals surface area contributed by atoms with Crippen molar-refractivity contribution in [2.75, 3.05) is 6.61 Å². The lowest BCUT2D eigenvalue weighted by molar-refractivity contribution is 0.0961. The molecule has 5 heteroatoms. The fraction of sp³-hybridized carbons (Fsp3) is 0.286. The van der Waals surface area contributed by atoms with E-state index in [4.69, 9.17) is 9.47 Å². The first-order valence-corrected chi connectivity index (χ1v) is 6.21. The SMILES string of the molecule is CCn1ccnc1COc1ccc2c(c1)OCC2=O. The number of carbonyl (C=O) groups is 1. The summed E-state index contributed by atoms with van der Waals surface area (Å²) in [7, 11) is 0. The van der Waals surface area contributed by atoms with Crippen LogP contribution >= 0.6 is 0 Å². The van der Waals surface area contributed by atoms with Crippen LogP contribution in [0.25, 0.3) is 0 Å². The molecule has 3 rings (SSSR count). The second kappa shape index (κ2) is 4.76. The molecule has 2 heterocycles. The smallest absolute Gasteiger partial charge is 0.203 e. The Morgan fingerprint density at radius 2 is 2.37 bits per heavy atom. The van der Waals surface area contributed by atoms with Gasteiger partial charge in [-0.2, -0.15) is 0 Å². The summed E-state index contributed by atoms with van der Waals surface area (Å²) < 4.78 is 13.0. The van der Waals surface area contributed by atoms with Crippen LogP contribution in [0.2, 0.25) is 0 Å². The van der Waals surface area contributed by atoms with Crippen molar-refractivity contribution in [3.63, 3.8) is 0 Å². The van der Waals surface area contributed by atoms with Gasteiger partial charge < -0.3 is 14.0 Å². The van der Waals surface area contributed by atoms with Crippen LogP contribution in [0.15, 0.2) is 30.6 Å². The average Bonchev–Trinajstić information content (AvgIpc) is 3.03. The van der Waals surface area contributed by atoms with E-state index in [2.05, 4.69) is 11.9 Å². The molecule has 0 saturated heterocycles. The minimum atomic E-state index is 0.0167. The van der Waals surface area contributed by atoms with Crippen molar-refractivity contribution < 1.29 is 14.3 Å². The van der Waals surface area contributed by atoms with Crippen molar-refractivity contribution >= 4 is 5.78 Å². The Balaban J connectivity index is 1.73. The van der Waals surface area contributed by atoms with Gasteiger partial charge in [0.25, 0.3) is 0 Å². The number of ketones is 1. The lowest BCUT2D eigenvalue weighted by Gasteiger charge is -2.08. The summed E-state index contributed by atoms with van der Waals surface area (Å²) in [5.41, 5.74) is 0.627. The molecule has 0 N–H and O–H groups in total. The maximum absolute atomic E-state index is 11.4. The van der Waals surface area contributed by atoms with Crippen molar-refractivity contribution in [2.24, 2.45) is 0 Å². The van der Waals surface area contributed by atoms with Gasteiger partial charge in [-0.15, -0.1) is 0 Å². The molecule has 0 unspecified atom stereocenters. The second-order valence-corrected chi connectivity index (χ2v) is 4.29. The second-order valence-electron chi connectivity index (χ2n) is 4.29. The molecule has 1 aromatic carbocycles. The van der Waals surface area contributed by atoms with E-state index in [1.165, 1.54) is 0 Å². The highest BCUT2D eigenvalue weighted by Gasteiger charge is 2.21. The number of aromatic nitrogens is 2. The summed E-state index contributed by atoms with van der Waals surface area (Å²) in [6.45, 7) is 3.44. The topological polar surface area (TPSA) is 53.4 Å². The molecule has 1 aliphatic rings. The van der Waals surface area contributed by atoms with Crippen LogP contribution in [0, 0.1) is 0 Å². The zero-order valence-corrected chi connectivity index (χ0v) is 10.6. The Hall–Kier alpha value is -2.30. The van der Waals surface area contributed by atoms with Crippen LogP contribution in [0.3, 0.4) is 0 Å². The van der Waals surface area contributed by atoms with Gasteiger partial charge in [0, 0.05) is 25.0 Å². The van der Waals surface area contributed by atoms with Gasteiger partial charge in [0.15, 0.2) is 6.61 Å². The first-order valence-electron chi connectivity index (χ1n) is 6.21. The molecule has 98 valence electrons. The molecule has 0 fully saturated rings. The summed E-state index contributed by atoms with van der Waals surface area (Å²) in [5.74, 6) is 2.17. The van der Waals surface area contributed by atoms with E-state index in [0.717, 1.165) is 12.4 Å². The average molecular weight is 258 g/mol. The zero-order valence-electron chi connectivity index (χ0n) is 10.6. The highest BCUT2D eigenvalue weighted by Crippen LogP contribution is 2.29. The van der Waals surface area contributed by atoms with Gasteiger partial charge in [-0.1, -0.05) is 0 Å². The van der Waals surface area contributed by atoms with Crippen LogP contribution in [-0.4, -0.2) is 21.9 Å². The number of aryl methyl sites for hydroxylation is 1. The number of benzene rings is 1. The summed E-state index contributed by atoms with van der Waals surface area (Å²) in [6, 6.07) is 5.27. The molecule has 2 aromatic rings. The monoisotopic (exact) mass is 258 g/mol. The molecule has 5 nitrogen and oxygen atoms in total. The molecule has 19 heavy (non-hydrogen) atoms.